The van der Waals surface area contributed by atoms with E-state index < -0.39 is 6.10 Å². The number of amides is 1. The first-order chi connectivity index (χ1) is 11.4. The van der Waals surface area contributed by atoms with E-state index in [0.29, 0.717) is 25.2 Å². The minimum Gasteiger partial charge on any atom is -0.392 e. The normalized spacial score (nSPS) is 21.2. The van der Waals surface area contributed by atoms with Gasteiger partial charge in [-0.1, -0.05) is 12.1 Å². The Morgan fingerprint density at radius 2 is 2.00 bits per heavy atom. The molecular formula is C18H22FN3O2. The molecule has 6 heteroatoms. The molecule has 3 rings (SSSR count). The zero-order chi connectivity index (χ0) is 17.3. The number of β-amino-alcohol motifs (C(OH)–C–C–N with tert-alkyl or cyclic N) is 1. The number of rotatable bonds is 4. The molecule has 1 aliphatic rings. The van der Waals surface area contributed by atoms with Gasteiger partial charge in [0.1, 0.15) is 11.5 Å². The first kappa shape index (κ1) is 16.7. The molecule has 0 saturated carbocycles. The van der Waals surface area contributed by atoms with Gasteiger partial charge in [0, 0.05) is 38.9 Å². The number of carbonyl (C=O) groups excluding carboxylic acids is 1. The Balaban J connectivity index is 1.75. The number of carbonyl (C=O) groups is 1. The van der Waals surface area contributed by atoms with E-state index in [1.807, 2.05) is 6.07 Å². The number of benzene rings is 1. The van der Waals surface area contributed by atoms with Gasteiger partial charge < -0.3 is 15.0 Å². The van der Waals surface area contributed by atoms with Crippen LogP contribution >= 0.6 is 0 Å². The standard InChI is InChI=1S/C18H22FN3O2/c1-21(2)18(24)16-8-7-14(20-16)10-22-11-15(23)9-17(22)12-3-5-13(19)6-4-12/h3-8,15,17,20,23H,9-11H2,1-2H3/t15-,17+/m1/s1. The van der Waals surface area contributed by atoms with E-state index in [0.717, 1.165) is 11.3 Å². The fourth-order valence-corrected chi connectivity index (χ4v) is 3.20. The van der Waals surface area contributed by atoms with E-state index >= 15 is 0 Å². The number of aromatic nitrogens is 1. The van der Waals surface area contributed by atoms with Crippen molar-refractivity contribution in [1.82, 2.24) is 14.8 Å². The SMILES string of the molecule is CN(C)C(=O)c1ccc(CN2C[C@H](O)C[C@H]2c2ccc(F)cc2)[nH]1. The van der Waals surface area contributed by atoms with Crippen molar-refractivity contribution in [1.29, 1.82) is 0 Å². The van der Waals surface area contributed by atoms with Crippen LogP contribution in [0.4, 0.5) is 4.39 Å². The third-order valence-corrected chi connectivity index (χ3v) is 4.39. The molecule has 24 heavy (non-hydrogen) atoms. The van der Waals surface area contributed by atoms with Crippen LogP contribution in [0, 0.1) is 5.82 Å². The van der Waals surface area contributed by atoms with Gasteiger partial charge in [0.25, 0.3) is 5.91 Å². The number of nitrogens with zero attached hydrogens (tertiary/aromatic N) is 2. The maximum atomic E-state index is 13.1. The second kappa shape index (κ2) is 6.75. The van der Waals surface area contributed by atoms with Gasteiger partial charge in [0.15, 0.2) is 0 Å². The highest BCUT2D eigenvalue weighted by atomic mass is 19.1. The molecule has 2 atom stereocenters. The topological polar surface area (TPSA) is 59.6 Å². The molecule has 1 amide bonds. The van der Waals surface area contributed by atoms with Crippen LogP contribution in [0.3, 0.4) is 0 Å². The van der Waals surface area contributed by atoms with Gasteiger partial charge >= 0.3 is 0 Å². The molecule has 1 saturated heterocycles. The van der Waals surface area contributed by atoms with Crippen molar-refractivity contribution in [3.63, 3.8) is 0 Å². The van der Waals surface area contributed by atoms with Crippen molar-refractivity contribution in [2.45, 2.75) is 25.1 Å². The molecule has 0 bridgehead atoms. The van der Waals surface area contributed by atoms with E-state index in [1.54, 1.807) is 32.3 Å². The Labute approximate surface area is 140 Å². The molecule has 2 heterocycles. The van der Waals surface area contributed by atoms with Gasteiger partial charge in [-0.15, -0.1) is 0 Å². The summed E-state index contributed by atoms with van der Waals surface area (Å²) >= 11 is 0. The third-order valence-electron chi connectivity index (χ3n) is 4.39. The number of nitrogens with one attached hydrogen (secondary N) is 1. The fourth-order valence-electron chi connectivity index (χ4n) is 3.20. The lowest BCUT2D eigenvalue weighted by Gasteiger charge is -2.24. The highest BCUT2D eigenvalue weighted by molar-refractivity contribution is 5.92. The number of halogens is 1. The van der Waals surface area contributed by atoms with E-state index in [4.69, 9.17) is 0 Å². The summed E-state index contributed by atoms with van der Waals surface area (Å²) in [7, 11) is 3.43. The van der Waals surface area contributed by atoms with Crippen LogP contribution in [-0.2, 0) is 6.54 Å². The predicted molar refractivity (Wildman–Crippen MR) is 89.0 cm³/mol. The molecule has 128 valence electrons. The van der Waals surface area contributed by atoms with E-state index in [-0.39, 0.29) is 17.8 Å². The summed E-state index contributed by atoms with van der Waals surface area (Å²) in [6, 6.07) is 10.1. The van der Waals surface area contributed by atoms with Crippen molar-refractivity contribution in [2.24, 2.45) is 0 Å². The average molecular weight is 331 g/mol. The van der Waals surface area contributed by atoms with Crippen LogP contribution in [0.15, 0.2) is 36.4 Å². The Morgan fingerprint density at radius 1 is 1.29 bits per heavy atom. The van der Waals surface area contributed by atoms with Gasteiger partial charge in [-0.2, -0.15) is 0 Å². The summed E-state index contributed by atoms with van der Waals surface area (Å²) < 4.78 is 13.1. The number of hydrogen-bond acceptors (Lipinski definition) is 3. The molecule has 0 aliphatic carbocycles. The highest BCUT2D eigenvalue weighted by Gasteiger charge is 2.32. The monoisotopic (exact) mass is 331 g/mol. The lowest BCUT2D eigenvalue weighted by atomic mass is 10.0. The van der Waals surface area contributed by atoms with Crippen molar-refractivity contribution in [3.05, 3.63) is 59.2 Å². The molecular weight excluding hydrogens is 309 g/mol. The van der Waals surface area contributed by atoms with Crippen LogP contribution in [0.25, 0.3) is 0 Å². The van der Waals surface area contributed by atoms with Gasteiger partial charge in [0.2, 0.25) is 0 Å². The zero-order valence-corrected chi connectivity index (χ0v) is 13.9. The lowest BCUT2D eigenvalue weighted by molar-refractivity contribution is 0.0822. The molecule has 0 unspecified atom stereocenters. The summed E-state index contributed by atoms with van der Waals surface area (Å²) in [6.45, 7) is 1.15. The van der Waals surface area contributed by atoms with Crippen molar-refractivity contribution in [3.8, 4) is 0 Å². The van der Waals surface area contributed by atoms with Gasteiger partial charge in [-0.25, -0.2) is 4.39 Å². The number of aromatic amines is 1. The molecule has 2 N–H and O–H groups in total. The van der Waals surface area contributed by atoms with Gasteiger partial charge in [0.05, 0.1) is 6.10 Å². The van der Waals surface area contributed by atoms with Crippen molar-refractivity contribution in [2.75, 3.05) is 20.6 Å². The Morgan fingerprint density at radius 3 is 2.67 bits per heavy atom. The summed E-state index contributed by atoms with van der Waals surface area (Å²) in [4.78, 5) is 18.8. The van der Waals surface area contributed by atoms with Crippen molar-refractivity contribution >= 4 is 5.91 Å². The summed E-state index contributed by atoms with van der Waals surface area (Å²) in [5, 5.41) is 10.0. The Bertz CT molecular complexity index is 711. The predicted octanol–water partition coefficient (Wildman–Crippen LogP) is 2.16. The van der Waals surface area contributed by atoms with Crippen LogP contribution in [0.5, 0.6) is 0 Å². The smallest absolute Gasteiger partial charge is 0.269 e. The molecule has 5 nitrogen and oxygen atoms in total. The van der Waals surface area contributed by atoms with Crippen LogP contribution < -0.4 is 0 Å². The second-order valence-corrected chi connectivity index (χ2v) is 6.48. The van der Waals surface area contributed by atoms with Gasteiger partial charge in [-0.3, -0.25) is 9.69 Å². The van der Waals surface area contributed by atoms with E-state index in [9.17, 15) is 14.3 Å². The lowest BCUT2D eigenvalue weighted by Crippen LogP contribution is -2.25. The number of likely N-dealkylation sites (tertiary alicyclic amines) is 1. The molecule has 1 aliphatic heterocycles. The molecule has 1 fully saturated rings. The Kier molecular flexibility index (Phi) is 4.69. The van der Waals surface area contributed by atoms with Crippen LogP contribution in [0.2, 0.25) is 0 Å². The number of hydrogen-bond donors (Lipinski definition) is 2. The summed E-state index contributed by atoms with van der Waals surface area (Å²) in [5.74, 6) is -0.335. The average Bonchev–Trinajstić information content (AvgIpc) is 3.14. The minimum absolute atomic E-state index is 0.0388. The Hall–Kier alpha value is -2.18. The van der Waals surface area contributed by atoms with E-state index in [1.165, 1.54) is 17.0 Å². The molecule has 0 radical (unpaired) electrons. The molecule has 0 spiro atoms. The molecule has 1 aromatic carbocycles. The summed E-state index contributed by atoms with van der Waals surface area (Å²) in [5.41, 5.74) is 2.46. The number of aliphatic hydroxyl groups excluding tert-OH is 1. The first-order valence-electron chi connectivity index (χ1n) is 8.01. The second-order valence-electron chi connectivity index (χ2n) is 6.48. The maximum Gasteiger partial charge on any atom is 0.269 e. The van der Waals surface area contributed by atoms with Crippen LogP contribution in [0.1, 0.15) is 34.2 Å². The molecule has 2 aromatic rings. The number of aliphatic hydroxyl groups is 1. The minimum atomic E-state index is -0.405. The van der Waals surface area contributed by atoms with Crippen molar-refractivity contribution < 1.29 is 14.3 Å². The maximum absolute atomic E-state index is 13.1. The van der Waals surface area contributed by atoms with Crippen LogP contribution in [-0.4, -0.2) is 52.5 Å². The summed E-state index contributed by atoms with van der Waals surface area (Å²) in [6.07, 6.45) is 0.216. The quantitative estimate of drug-likeness (QED) is 0.903. The molecule has 1 aromatic heterocycles. The highest BCUT2D eigenvalue weighted by Crippen LogP contribution is 2.33. The number of H-pyrrole nitrogens is 1. The third kappa shape index (κ3) is 3.49. The van der Waals surface area contributed by atoms with E-state index in [2.05, 4.69) is 9.88 Å². The fraction of sp³-hybridized carbons (Fsp3) is 0.389. The van der Waals surface area contributed by atoms with Gasteiger partial charge in [-0.05, 0) is 36.2 Å². The zero-order valence-electron chi connectivity index (χ0n) is 13.9. The largest absolute Gasteiger partial charge is 0.392 e. The first-order valence-corrected chi connectivity index (χ1v) is 8.01.